The van der Waals surface area contributed by atoms with Crippen molar-refractivity contribution in [3.8, 4) is 0 Å². The Morgan fingerprint density at radius 2 is 2.09 bits per heavy atom. The van der Waals surface area contributed by atoms with Crippen LogP contribution in [0.25, 0.3) is 0 Å². The normalized spacial score (nSPS) is 16.9. The smallest absolute Gasteiger partial charge is 0.258 e. The van der Waals surface area contributed by atoms with Crippen LogP contribution in [0.15, 0.2) is 59.6 Å². The van der Waals surface area contributed by atoms with Crippen LogP contribution in [0.1, 0.15) is 22.1 Å². The molecule has 1 aliphatic rings. The summed E-state index contributed by atoms with van der Waals surface area (Å²) in [6.45, 7) is 4.12. The fourth-order valence-electron chi connectivity index (χ4n) is 2.57. The lowest BCUT2D eigenvalue weighted by Crippen LogP contribution is -2.43. The summed E-state index contributed by atoms with van der Waals surface area (Å²) in [5.74, 6) is -0.402. The van der Waals surface area contributed by atoms with Gasteiger partial charge in [0.05, 0.1) is 10.0 Å². The predicted octanol–water partition coefficient (Wildman–Crippen LogP) is 4.34. The van der Waals surface area contributed by atoms with Crippen molar-refractivity contribution < 1.29 is 9.18 Å². The van der Waals surface area contributed by atoms with Crippen LogP contribution in [0.2, 0.25) is 0 Å². The lowest BCUT2D eigenvalue weighted by Gasteiger charge is -2.37. The van der Waals surface area contributed by atoms with E-state index in [1.54, 1.807) is 29.2 Å². The van der Waals surface area contributed by atoms with Crippen molar-refractivity contribution in [2.24, 2.45) is 0 Å². The summed E-state index contributed by atoms with van der Waals surface area (Å²) in [6.07, 6.45) is 1.32. The highest BCUT2D eigenvalue weighted by molar-refractivity contribution is 9.10. The summed E-state index contributed by atoms with van der Waals surface area (Å²) in [5.41, 5.74) is 2.21. The minimum atomic E-state index is -0.364. The van der Waals surface area contributed by atoms with Crippen LogP contribution in [0.5, 0.6) is 0 Å². The fourth-order valence-corrected chi connectivity index (χ4v) is 2.96. The highest BCUT2D eigenvalue weighted by Crippen LogP contribution is 2.34. The number of hydrogen-bond acceptors (Lipinski definition) is 2. The molecule has 2 aromatic carbocycles. The van der Waals surface area contributed by atoms with Gasteiger partial charge in [-0.2, -0.15) is 0 Å². The molecule has 1 aliphatic heterocycles. The second-order valence-electron chi connectivity index (χ2n) is 5.01. The number of benzene rings is 2. The van der Waals surface area contributed by atoms with Crippen LogP contribution in [-0.4, -0.2) is 17.4 Å². The SMILES string of the molecule is C=CCN1C(=O)c2ccccc2NC1c1ccc(F)c(Br)c1. The van der Waals surface area contributed by atoms with Gasteiger partial charge in [-0.25, -0.2) is 4.39 Å². The summed E-state index contributed by atoms with van der Waals surface area (Å²) in [7, 11) is 0. The number of anilines is 1. The Bertz CT molecular complexity index is 747. The van der Waals surface area contributed by atoms with E-state index in [1.165, 1.54) is 6.07 Å². The monoisotopic (exact) mass is 360 g/mol. The van der Waals surface area contributed by atoms with Gasteiger partial charge in [0, 0.05) is 12.2 Å². The molecule has 1 heterocycles. The minimum Gasteiger partial charge on any atom is -0.361 e. The van der Waals surface area contributed by atoms with Crippen molar-refractivity contribution in [1.29, 1.82) is 0 Å². The molecular weight excluding hydrogens is 347 g/mol. The van der Waals surface area contributed by atoms with E-state index in [0.29, 0.717) is 16.6 Å². The van der Waals surface area contributed by atoms with Crippen molar-refractivity contribution >= 4 is 27.5 Å². The van der Waals surface area contributed by atoms with E-state index in [-0.39, 0.29) is 17.9 Å². The molecule has 0 bridgehead atoms. The van der Waals surface area contributed by atoms with Gasteiger partial charge in [0.15, 0.2) is 0 Å². The Labute approximate surface area is 136 Å². The van der Waals surface area contributed by atoms with Gasteiger partial charge in [-0.1, -0.05) is 24.3 Å². The Morgan fingerprint density at radius 3 is 2.82 bits per heavy atom. The van der Waals surface area contributed by atoms with E-state index in [1.807, 2.05) is 18.2 Å². The van der Waals surface area contributed by atoms with Crippen LogP contribution in [0, 0.1) is 5.82 Å². The zero-order valence-corrected chi connectivity index (χ0v) is 13.3. The number of rotatable bonds is 3. The molecule has 5 heteroatoms. The molecule has 1 unspecified atom stereocenters. The number of hydrogen-bond donors (Lipinski definition) is 1. The second-order valence-corrected chi connectivity index (χ2v) is 5.87. The molecule has 0 saturated carbocycles. The molecule has 0 radical (unpaired) electrons. The van der Waals surface area contributed by atoms with Crippen molar-refractivity contribution in [2.45, 2.75) is 6.17 Å². The Balaban J connectivity index is 2.07. The number of carbonyl (C=O) groups excluding carboxylic acids is 1. The maximum Gasteiger partial charge on any atom is 0.258 e. The van der Waals surface area contributed by atoms with E-state index in [0.717, 1.165) is 11.3 Å². The minimum absolute atomic E-state index is 0.0697. The van der Waals surface area contributed by atoms with Crippen LogP contribution in [0.3, 0.4) is 0 Å². The lowest BCUT2D eigenvalue weighted by atomic mass is 10.0. The average Bonchev–Trinajstić information content (AvgIpc) is 2.53. The van der Waals surface area contributed by atoms with Crippen molar-refractivity contribution in [3.05, 3.63) is 76.5 Å². The number of amides is 1. The topological polar surface area (TPSA) is 32.3 Å². The molecule has 112 valence electrons. The zero-order valence-electron chi connectivity index (χ0n) is 11.7. The lowest BCUT2D eigenvalue weighted by molar-refractivity contribution is 0.0707. The third-order valence-corrected chi connectivity index (χ3v) is 4.22. The summed E-state index contributed by atoms with van der Waals surface area (Å²) in [4.78, 5) is 14.4. The van der Waals surface area contributed by atoms with Crippen LogP contribution in [0.4, 0.5) is 10.1 Å². The third kappa shape index (κ3) is 2.52. The van der Waals surface area contributed by atoms with E-state index in [4.69, 9.17) is 0 Å². The van der Waals surface area contributed by atoms with Gasteiger partial charge in [0.2, 0.25) is 0 Å². The summed E-state index contributed by atoms with van der Waals surface area (Å²) >= 11 is 3.19. The molecule has 0 spiro atoms. The Hall–Kier alpha value is -2.14. The molecular formula is C17H14BrFN2O. The van der Waals surface area contributed by atoms with Gasteiger partial charge >= 0.3 is 0 Å². The number of carbonyl (C=O) groups is 1. The molecule has 2 aromatic rings. The number of halogens is 2. The van der Waals surface area contributed by atoms with Gasteiger partial charge in [-0.3, -0.25) is 4.79 Å². The molecule has 3 rings (SSSR count). The first-order chi connectivity index (χ1) is 10.6. The maximum atomic E-state index is 13.5. The molecule has 0 fully saturated rings. The highest BCUT2D eigenvalue weighted by atomic mass is 79.9. The van der Waals surface area contributed by atoms with Crippen LogP contribution in [-0.2, 0) is 0 Å². The number of para-hydroxylation sites is 1. The molecule has 0 aromatic heterocycles. The van der Waals surface area contributed by atoms with E-state index >= 15 is 0 Å². The predicted molar refractivity (Wildman–Crippen MR) is 88.1 cm³/mol. The summed E-state index contributed by atoms with van der Waals surface area (Å²) in [5, 5.41) is 3.34. The molecule has 0 saturated heterocycles. The summed E-state index contributed by atoms with van der Waals surface area (Å²) < 4.78 is 13.8. The first-order valence-corrected chi connectivity index (χ1v) is 7.63. The highest BCUT2D eigenvalue weighted by Gasteiger charge is 2.32. The van der Waals surface area contributed by atoms with E-state index in [9.17, 15) is 9.18 Å². The quantitative estimate of drug-likeness (QED) is 0.825. The van der Waals surface area contributed by atoms with Crippen LogP contribution < -0.4 is 5.32 Å². The van der Waals surface area contributed by atoms with Gasteiger partial charge < -0.3 is 10.2 Å². The van der Waals surface area contributed by atoms with Crippen molar-refractivity contribution in [2.75, 3.05) is 11.9 Å². The molecule has 1 N–H and O–H groups in total. The van der Waals surface area contributed by atoms with Gasteiger partial charge in [-0.05, 0) is 45.8 Å². The standard InChI is InChI=1S/C17H14BrFN2O/c1-2-9-21-16(11-7-8-14(19)13(18)10-11)20-15-6-4-3-5-12(15)17(21)22/h2-8,10,16,20H,1,9H2. The van der Waals surface area contributed by atoms with Crippen molar-refractivity contribution in [3.63, 3.8) is 0 Å². The average molecular weight is 361 g/mol. The maximum absolute atomic E-state index is 13.5. The summed E-state index contributed by atoms with van der Waals surface area (Å²) in [6, 6.07) is 12.1. The molecule has 0 aliphatic carbocycles. The first-order valence-electron chi connectivity index (χ1n) is 6.84. The number of nitrogens with zero attached hydrogens (tertiary/aromatic N) is 1. The van der Waals surface area contributed by atoms with Gasteiger partial charge in [0.25, 0.3) is 5.91 Å². The van der Waals surface area contributed by atoms with E-state index in [2.05, 4.69) is 27.8 Å². The third-order valence-electron chi connectivity index (χ3n) is 3.61. The largest absolute Gasteiger partial charge is 0.361 e. The second kappa shape index (κ2) is 5.93. The van der Waals surface area contributed by atoms with Gasteiger partial charge in [-0.15, -0.1) is 6.58 Å². The van der Waals surface area contributed by atoms with Crippen LogP contribution >= 0.6 is 15.9 Å². The first kappa shape index (κ1) is 14.8. The van der Waals surface area contributed by atoms with Gasteiger partial charge in [0.1, 0.15) is 12.0 Å². The molecule has 1 atom stereocenters. The molecule has 22 heavy (non-hydrogen) atoms. The Morgan fingerprint density at radius 1 is 1.32 bits per heavy atom. The van der Waals surface area contributed by atoms with Crippen molar-refractivity contribution in [1.82, 2.24) is 4.90 Å². The molecule has 3 nitrogen and oxygen atoms in total. The Kier molecular flexibility index (Phi) is 3.98. The van der Waals surface area contributed by atoms with E-state index < -0.39 is 0 Å². The number of fused-ring (bicyclic) bond motifs is 1. The molecule has 1 amide bonds. The fraction of sp³-hybridized carbons (Fsp3) is 0.118. The zero-order chi connectivity index (χ0) is 15.7. The number of nitrogens with one attached hydrogen (secondary N) is 1.